The van der Waals surface area contributed by atoms with E-state index in [0.717, 1.165) is 5.69 Å². The summed E-state index contributed by atoms with van der Waals surface area (Å²) in [7, 11) is 0. The van der Waals surface area contributed by atoms with Crippen LogP contribution >= 0.6 is 0 Å². The van der Waals surface area contributed by atoms with Gasteiger partial charge in [0.25, 0.3) is 0 Å². The zero-order chi connectivity index (χ0) is 7.56. The highest BCUT2D eigenvalue weighted by molar-refractivity contribution is 5.00. The Balaban J connectivity index is 2.90. The van der Waals surface area contributed by atoms with Gasteiger partial charge in [-0.15, -0.1) is 0 Å². The normalized spacial score (nSPS) is 10.8. The van der Waals surface area contributed by atoms with Crippen molar-refractivity contribution in [3.05, 3.63) is 18.0 Å². The van der Waals surface area contributed by atoms with E-state index in [1.54, 1.807) is 6.20 Å². The lowest BCUT2D eigenvalue weighted by molar-refractivity contribution is 0.510. The number of nitrogens with zero attached hydrogens (tertiary/aromatic N) is 2. The summed E-state index contributed by atoms with van der Waals surface area (Å²) in [4.78, 5) is 0. The Morgan fingerprint density at radius 2 is 2.40 bits per heavy atom. The Kier molecular flexibility index (Phi) is 2.06. The van der Waals surface area contributed by atoms with Gasteiger partial charge in [-0.25, -0.2) is 0 Å². The molecule has 1 rings (SSSR count). The van der Waals surface area contributed by atoms with Gasteiger partial charge >= 0.3 is 0 Å². The number of hydrogen-bond acceptors (Lipinski definition) is 2. The highest BCUT2D eigenvalue weighted by atomic mass is 15.3. The third-order valence-electron chi connectivity index (χ3n) is 1.45. The lowest BCUT2D eigenvalue weighted by Gasteiger charge is -2.08. The molecule has 0 radical (unpaired) electrons. The van der Waals surface area contributed by atoms with Crippen LogP contribution in [0.4, 0.5) is 0 Å². The number of hydrogen-bond donors (Lipinski definition) is 1. The second kappa shape index (κ2) is 2.84. The van der Waals surface area contributed by atoms with Gasteiger partial charge in [0.2, 0.25) is 0 Å². The van der Waals surface area contributed by atoms with Crippen molar-refractivity contribution in [2.45, 2.75) is 26.4 Å². The van der Waals surface area contributed by atoms with Gasteiger partial charge in [-0.05, 0) is 19.9 Å². The predicted octanol–water partition coefficient (Wildman–Crippen LogP) is 0.923. The molecule has 0 bridgehead atoms. The van der Waals surface area contributed by atoms with Crippen LogP contribution in [0.25, 0.3) is 0 Å². The van der Waals surface area contributed by atoms with Crippen molar-refractivity contribution >= 4 is 0 Å². The van der Waals surface area contributed by atoms with Crippen molar-refractivity contribution in [3.63, 3.8) is 0 Å². The summed E-state index contributed by atoms with van der Waals surface area (Å²) in [6.45, 7) is 4.75. The van der Waals surface area contributed by atoms with Crippen molar-refractivity contribution in [2.24, 2.45) is 5.73 Å². The van der Waals surface area contributed by atoms with Gasteiger partial charge < -0.3 is 5.73 Å². The fourth-order valence-electron chi connectivity index (χ4n) is 0.968. The molecule has 1 heterocycles. The van der Waals surface area contributed by atoms with Crippen LogP contribution in [-0.4, -0.2) is 9.78 Å². The van der Waals surface area contributed by atoms with Gasteiger partial charge in [-0.1, -0.05) is 0 Å². The van der Waals surface area contributed by atoms with E-state index in [1.165, 1.54) is 0 Å². The van der Waals surface area contributed by atoms with Crippen LogP contribution in [0, 0.1) is 0 Å². The Hall–Kier alpha value is -0.830. The van der Waals surface area contributed by atoms with Gasteiger partial charge in [0.1, 0.15) is 0 Å². The molecule has 0 unspecified atom stereocenters. The van der Waals surface area contributed by atoms with E-state index in [-0.39, 0.29) is 0 Å². The number of rotatable bonds is 2. The van der Waals surface area contributed by atoms with Gasteiger partial charge in [-0.3, -0.25) is 4.68 Å². The first kappa shape index (κ1) is 7.28. The maximum Gasteiger partial charge on any atom is 0.0522 e. The van der Waals surface area contributed by atoms with Crippen molar-refractivity contribution in [1.29, 1.82) is 0 Å². The molecule has 0 amide bonds. The Morgan fingerprint density at radius 1 is 1.70 bits per heavy atom. The second-order valence-electron chi connectivity index (χ2n) is 2.56. The summed E-state index contributed by atoms with van der Waals surface area (Å²) < 4.78 is 1.93. The van der Waals surface area contributed by atoms with Crippen LogP contribution in [-0.2, 0) is 6.54 Å². The molecule has 0 saturated carbocycles. The predicted molar refractivity (Wildman–Crippen MR) is 40.5 cm³/mol. The van der Waals surface area contributed by atoms with Crippen molar-refractivity contribution < 1.29 is 0 Å². The van der Waals surface area contributed by atoms with Crippen molar-refractivity contribution in [1.82, 2.24) is 9.78 Å². The van der Waals surface area contributed by atoms with E-state index in [9.17, 15) is 0 Å². The van der Waals surface area contributed by atoms with Gasteiger partial charge in [0.15, 0.2) is 0 Å². The van der Waals surface area contributed by atoms with Gasteiger partial charge in [0.05, 0.1) is 5.69 Å². The zero-order valence-corrected chi connectivity index (χ0v) is 6.41. The van der Waals surface area contributed by atoms with Gasteiger partial charge in [0, 0.05) is 18.8 Å². The fraction of sp³-hybridized carbons (Fsp3) is 0.571. The molecule has 0 aliphatic rings. The largest absolute Gasteiger partial charge is 0.325 e. The molecular formula is C7H13N3. The van der Waals surface area contributed by atoms with E-state index in [0.29, 0.717) is 12.6 Å². The lowest BCUT2D eigenvalue weighted by atomic mass is 10.3. The molecule has 0 aliphatic carbocycles. The first-order chi connectivity index (χ1) is 4.75. The molecule has 1 aromatic heterocycles. The van der Waals surface area contributed by atoms with Crippen LogP contribution < -0.4 is 5.73 Å². The highest BCUT2D eigenvalue weighted by Gasteiger charge is 2.01. The van der Waals surface area contributed by atoms with Crippen LogP contribution in [0.3, 0.4) is 0 Å². The molecule has 56 valence electrons. The third kappa shape index (κ3) is 1.19. The fourth-order valence-corrected chi connectivity index (χ4v) is 0.968. The van der Waals surface area contributed by atoms with E-state index >= 15 is 0 Å². The topological polar surface area (TPSA) is 43.8 Å². The maximum atomic E-state index is 5.47. The quantitative estimate of drug-likeness (QED) is 0.662. The molecule has 0 spiro atoms. The third-order valence-corrected chi connectivity index (χ3v) is 1.45. The molecule has 2 N–H and O–H groups in total. The minimum absolute atomic E-state index is 0.411. The molecule has 3 nitrogen and oxygen atoms in total. The van der Waals surface area contributed by atoms with Crippen LogP contribution in [0.5, 0.6) is 0 Å². The first-order valence-corrected chi connectivity index (χ1v) is 3.48. The average molecular weight is 139 g/mol. The second-order valence-corrected chi connectivity index (χ2v) is 2.56. The molecular weight excluding hydrogens is 126 g/mol. The van der Waals surface area contributed by atoms with Crippen LogP contribution in [0.2, 0.25) is 0 Å². The van der Waals surface area contributed by atoms with Gasteiger partial charge in [-0.2, -0.15) is 5.10 Å². The number of aromatic nitrogens is 2. The Labute approximate surface area is 60.8 Å². The minimum Gasteiger partial charge on any atom is -0.325 e. The SMILES string of the molecule is CC(C)n1nccc1CN. The summed E-state index contributed by atoms with van der Waals surface area (Å²) in [6.07, 6.45) is 1.78. The molecule has 1 aromatic rings. The summed E-state index contributed by atoms with van der Waals surface area (Å²) in [5.41, 5.74) is 6.56. The maximum absolute atomic E-state index is 5.47. The summed E-state index contributed by atoms with van der Waals surface area (Å²) in [5, 5.41) is 4.12. The van der Waals surface area contributed by atoms with E-state index < -0.39 is 0 Å². The molecule has 10 heavy (non-hydrogen) atoms. The summed E-state index contributed by atoms with van der Waals surface area (Å²) >= 11 is 0. The summed E-state index contributed by atoms with van der Waals surface area (Å²) in [6, 6.07) is 2.36. The molecule has 0 saturated heterocycles. The van der Waals surface area contributed by atoms with Crippen LogP contribution in [0.15, 0.2) is 12.3 Å². The Bertz CT molecular complexity index is 202. The molecule has 0 aliphatic heterocycles. The van der Waals surface area contributed by atoms with Crippen LogP contribution in [0.1, 0.15) is 25.6 Å². The minimum atomic E-state index is 0.411. The average Bonchev–Trinajstić information content (AvgIpc) is 2.33. The van der Waals surface area contributed by atoms with E-state index in [4.69, 9.17) is 5.73 Å². The molecule has 3 heteroatoms. The van der Waals surface area contributed by atoms with Crippen molar-refractivity contribution in [2.75, 3.05) is 0 Å². The molecule has 0 aromatic carbocycles. The Morgan fingerprint density at radius 3 is 2.80 bits per heavy atom. The number of nitrogens with two attached hydrogens (primary N) is 1. The molecule has 0 fully saturated rings. The smallest absolute Gasteiger partial charge is 0.0522 e. The standard InChI is InChI=1S/C7H13N3/c1-6(2)10-7(5-8)3-4-9-10/h3-4,6H,5,8H2,1-2H3. The monoisotopic (exact) mass is 139 g/mol. The van der Waals surface area contributed by atoms with Crippen molar-refractivity contribution in [3.8, 4) is 0 Å². The first-order valence-electron chi connectivity index (χ1n) is 3.48. The highest BCUT2D eigenvalue weighted by Crippen LogP contribution is 2.05. The zero-order valence-electron chi connectivity index (χ0n) is 6.41. The molecule has 0 atom stereocenters. The van der Waals surface area contributed by atoms with E-state index in [2.05, 4.69) is 18.9 Å². The lowest BCUT2D eigenvalue weighted by Crippen LogP contribution is -2.10. The summed E-state index contributed by atoms with van der Waals surface area (Å²) in [5.74, 6) is 0. The van der Waals surface area contributed by atoms with E-state index in [1.807, 2.05) is 10.7 Å².